The summed E-state index contributed by atoms with van der Waals surface area (Å²) in [6.45, 7) is -0.490. The van der Waals surface area contributed by atoms with Crippen molar-refractivity contribution in [3.8, 4) is 6.19 Å². The number of carbonyl (C=O) groups is 1. The number of hydrogen-bond donors (Lipinski definition) is 2. The van der Waals surface area contributed by atoms with Crippen molar-refractivity contribution in [3.05, 3.63) is 0 Å². The highest BCUT2D eigenvalue weighted by Gasteiger charge is 2.26. The van der Waals surface area contributed by atoms with Gasteiger partial charge in [-0.1, -0.05) is 0 Å². The summed E-state index contributed by atoms with van der Waals surface area (Å²) in [4.78, 5) is 11.1. The number of methoxy groups -OCH3 is 1. The van der Waals surface area contributed by atoms with Crippen LogP contribution in [0, 0.1) is 11.5 Å². The molecule has 0 atom stereocenters. The van der Waals surface area contributed by atoms with Gasteiger partial charge in [-0.05, 0) is 0 Å². The molecule has 0 aliphatic heterocycles. The Kier molecular flexibility index (Phi) is 3.53. The van der Waals surface area contributed by atoms with E-state index in [2.05, 4.69) is 4.74 Å². The summed E-state index contributed by atoms with van der Waals surface area (Å²) in [6, 6.07) is 0. The second-order valence-electron chi connectivity index (χ2n) is 2.23. The zero-order valence-corrected chi connectivity index (χ0v) is 6.81. The average Bonchev–Trinajstić information content (AvgIpc) is 1.97. The van der Waals surface area contributed by atoms with Gasteiger partial charge in [-0.2, -0.15) is 5.26 Å². The molecule has 12 heavy (non-hydrogen) atoms. The topological polar surface area (TPSA) is 93.8 Å². The van der Waals surface area contributed by atoms with Crippen LogP contribution in [-0.2, 0) is 9.53 Å². The summed E-state index contributed by atoms with van der Waals surface area (Å²) in [5.74, 6) is -3.05. The summed E-state index contributed by atoms with van der Waals surface area (Å²) in [5.41, 5.74) is 0. The molecule has 0 rings (SSSR count). The fraction of sp³-hybridized carbons (Fsp3) is 0.600. The highest BCUT2D eigenvalue weighted by atomic mass is 16.5. The first-order chi connectivity index (χ1) is 5.41. The normalized spacial score (nSPS) is 10.2. The van der Waals surface area contributed by atoms with Crippen LogP contribution in [0.2, 0.25) is 0 Å². The van der Waals surface area contributed by atoms with E-state index in [1.807, 2.05) is 0 Å². The summed E-state index contributed by atoms with van der Waals surface area (Å²) >= 11 is 0. The first-order valence-electron chi connectivity index (χ1n) is 3.10. The monoisotopic (exact) mass is 172 g/mol. The van der Waals surface area contributed by atoms with E-state index in [0.29, 0.717) is 4.90 Å². The van der Waals surface area contributed by atoms with Crippen LogP contribution in [-0.4, -0.2) is 48.4 Å². The Labute approximate surface area is 70.4 Å². The van der Waals surface area contributed by atoms with Gasteiger partial charge >= 0.3 is 5.97 Å². The van der Waals surface area contributed by atoms with Crippen molar-refractivity contribution in [1.29, 1.82) is 5.26 Å². The quantitative estimate of drug-likeness (QED) is 0.157. The molecule has 7 heteroatoms. The van der Waals surface area contributed by atoms with Crippen molar-refractivity contribution in [3.63, 3.8) is 0 Å². The fourth-order valence-electron chi connectivity index (χ4n) is 0.473. The molecule has 0 aliphatic carbocycles. The lowest BCUT2D eigenvalue weighted by Crippen LogP contribution is -2.48. The lowest BCUT2D eigenvalue weighted by molar-refractivity contribution is -0.183. The van der Waals surface area contributed by atoms with Crippen LogP contribution in [0.3, 0.4) is 0 Å². The SMILES string of the molecule is BC(O)(O)N(C#N)CC(=O)OC. The van der Waals surface area contributed by atoms with E-state index in [9.17, 15) is 4.79 Å². The van der Waals surface area contributed by atoms with Crippen LogP contribution >= 0.6 is 0 Å². The molecule has 0 heterocycles. The van der Waals surface area contributed by atoms with Crippen LogP contribution in [0.1, 0.15) is 0 Å². The van der Waals surface area contributed by atoms with Crippen molar-refractivity contribution in [2.45, 2.75) is 5.81 Å². The molecule has 66 valence electrons. The van der Waals surface area contributed by atoms with Gasteiger partial charge in [-0.15, -0.1) is 0 Å². The Morgan fingerprint density at radius 3 is 2.58 bits per heavy atom. The molecule has 0 saturated carbocycles. The molecule has 0 unspecified atom stereocenters. The maximum Gasteiger partial charge on any atom is 0.326 e. The average molecular weight is 172 g/mol. The van der Waals surface area contributed by atoms with Crippen LogP contribution in [0.25, 0.3) is 0 Å². The van der Waals surface area contributed by atoms with Crippen LogP contribution in [0.4, 0.5) is 0 Å². The van der Waals surface area contributed by atoms with Crippen molar-refractivity contribution < 1.29 is 19.7 Å². The molecule has 0 bridgehead atoms. The molecule has 0 aromatic carbocycles. The van der Waals surface area contributed by atoms with Gasteiger partial charge in [-0.3, -0.25) is 9.69 Å². The van der Waals surface area contributed by atoms with Gasteiger partial charge in [-0.25, -0.2) is 0 Å². The number of rotatable bonds is 3. The lowest BCUT2D eigenvalue weighted by Gasteiger charge is -2.26. The number of ether oxygens (including phenoxy) is 1. The summed E-state index contributed by atoms with van der Waals surface area (Å²) < 4.78 is 4.22. The van der Waals surface area contributed by atoms with E-state index in [1.54, 1.807) is 0 Å². The molecule has 2 N–H and O–H groups in total. The van der Waals surface area contributed by atoms with E-state index in [-0.39, 0.29) is 0 Å². The lowest BCUT2D eigenvalue weighted by atomic mass is 10.0. The summed E-state index contributed by atoms with van der Waals surface area (Å²) in [6.07, 6.45) is 1.44. The van der Waals surface area contributed by atoms with E-state index >= 15 is 0 Å². The second kappa shape index (κ2) is 3.94. The van der Waals surface area contributed by atoms with Crippen LogP contribution in [0.5, 0.6) is 0 Å². The third-order valence-electron chi connectivity index (χ3n) is 1.15. The number of aliphatic hydroxyl groups is 2. The fourth-order valence-corrected chi connectivity index (χ4v) is 0.473. The van der Waals surface area contributed by atoms with Gasteiger partial charge in [0, 0.05) is 0 Å². The molecule has 0 radical (unpaired) electrons. The number of nitrogens with zero attached hydrogens (tertiary/aromatic N) is 2. The smallest absolute Gasteiger partial charge is 0.326 e. The highest BCUT2D eigenvalue weighted by Crippen LogP contribution is 2.00. The third kappa shape index (κ3) is 3.23. The maximum atomic E-state index is 10.6. The van der Waals surface area contributed by atoms with Gasteiger partial charge in [0.25, 0.3) is 0 Å². The predicted octanol–water partition coefficient (Wildman–Crippen LogP) is -2.83. The minimum atomic E-state index is -2.33. The first kappa shape index (κ1) is 10.7. The van der Waals surface area contributed by atoms with Crippen LogP contribution < -0.4 is 0 Å². The molecule has 0 aliphatic rings. The minimum absolute atomic E-state index is 0.485. The highest BCUT2D eigenvalue weighted by molar-refractivity contribution is 6.12. The molecule has 0 amide bonds. The van der Waals surface area contributed by atoms with E-state index in [1.165, 1.54) is 6.19 Å². The zero-order chi connectivity index (χ0) is 9.78. The number of esters is 1. The second-order valence-corrected chi connectivity index (χ2v) is 2.23. The van der Waals surface area contributed by atoms with Crippen molar-refractivity contribution in [1.82, 2.24) is 4.90 Å². The van der Waals surface area contributed by atoms with Gasteiger partial charge in [0.2, 0.25) is 13.7 Å². The Morgan fingerprint density at radius 1 is 1.83 bits per heavy atom. The van der Waals surface area contributed by atoms with E-state index in [4.69, 9.17) is 15.5 Å². The van der Waals surface area contributed by atoms with Gasteiger partial charge < -0.3 is 14.9 Å². The minimum Gasteiger partial charge on any atom is -0.468 e. The molecular formula is C5H9BN2O4. The van der Waals surface area contributed by atoms with Crippen molar-refractivity contribution in [2.24, 2.45) is 0 Å². The molecule has 0 aromatic rings. The number of hydrogen-bond acceptors (Lipinski definition) is 6. The largest absolute Gasteiger partial charge is 0.468 e. The van der Waals surface area contributed by atoms with E-state index in [0.717, 1.165) is 15.0 Å². The summed E-state index contributed by atoms with van der Waals surface area (Å²) in [5, 5.41) is 26.1. The standard InChI is InChI=1S/C5H9BN2O4/c1-12-4(9)2-8(3-7)5(6,10)11/h10-11H,2,6H2,1H3. The zero-order valence-electron chi connectivity index (χ0n) is 6.81. The van der Waals surface area contributed by atoms with Crippen LogP contribution in [0.15, 0.2) is 0 Å². The van der Waals surface area contributed by atoms with Gasteiger partial charge in [0.15, 0.2) is 6.19 Å². The van der Waals surface area contributed by atoms with Crippen molar-refractivity contribution >= 4 is 13.8 Å². The van der Waals surface area contributed by atoms with E-state index < -0.39 is 18.3 Å². The molecular weight excluding hydrogens is 163 g/mol. The molecule has 6 nitrogen and oxygen atoms in total. The third-order valence-corrected chi connectivity index (χ3v) is 1.15. The summed E-state index contributed by atoms with van der Waals surface area (Å²) in [7, 11) is 2.11. The van der Waals surface area contributed by atoms with Gasteiger partial charge in [0.05, 0.1) is 7.11 Å². The molecule has 0 fully saturated rings. The predicted molar refractivity (Wildman–Crippen MR) is 40.0 cm³/mol. The Morgan fingerprint density at radius 2 is 2.33 bits per heavy atom. The molecule has 0 aromatic heterocycles. The Balaban J connectivity index is 4.22. The maximum absolute atomic E-state index is 10.6. The number of nitriles is 1. The van der Waals surface area contributed by atoms with Crippen molar-refractivity contribution in [2.75, 3.05) is 13.7 Å². The first-order valence-corrected chi connectivity index (χ1v) is 3.10. The van der Waals surface area contributed by atoms with Gasteiger partial charge in [0.1, 0.15) is 6.54 Å². The Bertz CT molecular complexity index is 206. The molecule has 0 spiro atoms. The number of carbonyl (C=O) groups excluding carboxylic acids is 1. The Hall–Kier alpha value is -1.26. The molecule has 0 saturated heterocycles.